The molecule has 3 rings (SSSR count). The number of ether oxygens (including phenoxy) is 1. The van der Waals surface area contributed by atoms with E-state index in [0.29, 0.717) is 29.6 Å². The number of aromatic nitrogens is 4. The summed E-state index contributed by atoms with van der Waals surface area (Å²) in [6.07, 6.45) is 5.05. The molecular weight excluding hydrogens is 306 g/mol. The normalized spacial score (nSPS) is 10.4. The number of carbonyl (C=O) groups is 1. The van der Waals surface area contributed by atoms with Crippen LogP contribution in [0.1, 0.15) is 22.8 Å². The lowest BCUT2D eigenvalue weighted by Gasteiger charge is -2.10. The van der Waals surface area contributed by atoms with Crippen LogP contribution in [0.2, 0.25) is 0 Å². The molecular formula is C17H17N5O2. The third-order valence-electron chi connectivity index (χ3n) is 3.39. The molecule has 2 heterocycles. The molecule has 24 heavy (non-hydrogen) atoms. The Hall–Kier alpha value is -3.22. The van der Waals surface area contributed by atoms with Gasteiger partial charge in [0.1, 0.15) is 5.69 Å². The largest absolute Gasteiger partial charge is 0.462 e. The molecule has 0 bridgehead atoms. The maximum Gasteiger partial charge on any atom is 0.338 e. The van der Waals surface area contributed by atoms with Crippen molar-refractivity contribution in [3.8, 4) is 11.5 Å². The maximum atomic E-state index is 11.9. The van der Waals surface area contributed by atoms with E-state index in [1.807, 2.05) is 13.0 Å². The Morgan fingerprint density at radius 3 is 2.88 bits per heavy atom. The minimum atomic E-state index is -0.356. The predicted octanol–water partition coefficient (Wildman–Crippen LogP) is 3.10. The number of carbonyl (C=O) groups excluding carboxylic acids is 1. The number of anilines is 2. The summed E-state index contributed by atoms with van der Waals surface area (Å²) in [6, 6.07) is 7.09. The minimum Gasteiger partial charge on any atom is -0.462 e. The molecule has 0 fully saturated rings. The molecule has 7 heteroatoms. The van der Waals surface area contributed by atoms with Crippen LogP contribution in [0.5, 0.6) is 0 Å². The van der Waals surface area contributed by atoms with E-state index in [2.05, 4.69) is 25.3 Å². The molecule has 0 spiro atoms. The van der Waals surface area contributed by atoms with Gasteiger partial charge in [0.25, 0.3) is 0 Å². The van der Waals surface area contributed by atoms with Crippen LogP contribution in [0.4, 0.5) is 11.6 Å². The second-order valence-electron chi connectivity index (χ2n) is 5.08. The van der Waals surface area contributed by atoms with E-state index >= 15 is 0 Å². The number of H-pyrrole nitrogens is 1. The van der Waals surface area contributed by atoms with Gasteiger partial charge in [-0.25, -0.2) is 19.7 Å². The summed E-state index contributed by atoms with van der Waals surface area (Å²) in [6.45, 7) is 4.05. The first kappa shape index (κ1) is 15.7. The van der Waals surface area contributed by atoms with Crippen molar-refractivity contribution in [3.63, 3.8) is 0 Å². The van der Waals surface area contributed by atoms with Gasteiger partial charge in [-0.1, -0.05) is 6.07 Å². The highest BCUT2D eigenvalue weighted by Crippen LogP contribution is 2.21. The van der Waals surface area contributed by atoms with Crippen molar-refractivity contribution < 1.29 is 9.53 Å². The fraction of sp³-hybridized carbons (Fsp3) is 0.176. The van der Waals surface area contributed by atoms with E-state index in [9.17, 15) is 4.79 Å². The summed E-state index contributed by atoms with van der Waals surface area (Å²) in [7, 11) is 0. The number of esters is 1. The summed E-state index contributed by atoms with van der Waals surface area (Å²) in [5.74, 6) is 0.733. The zero-order valence-electron chi connectivity index (χ0n) is 13.4. The lowest BCUT2D eigenvalue weighted by atomic mass is 10.1. The van der Waals surface area contributed by atoms with Crippen LogP contribution in [-0.4, -0.2) is 32.5 Å². The Labute approximate surface area is 139 Å². The van der Waals surface area contributed by atoms with Gasteiger partial charge in [-0.3, -0.25) is 0 Å². The molecule has 2 aromatic heterocycles. The van der Waals surface area contributed by atoms with Crippen molar-refractivity contribution in [2.45, 2.75) is 13.8 Å². The number of aromatic amines is 1. The Morgan fingerprint density at radius 2 is 2.12 bits per heavy atom. The topological polar surface area (TPSA) is 92.8 Å². The molecule has 122 valence electrons. The van der Waals surface area contributed by atoms with Crippen molar-refractivity contribution in [3.05, 3.63) is 54.0 Å². The zero-order valence-corrected chi connectivity index (χ0v) is 13.4. The molecule has 0 radical (unpaired) electrons. The van der Waals surface area contributed by atoms with E-state index in [-0.39, 0.29) is 5.97 Å². The highest BCUT2D eigenvalue weighted by atomic mass is 16.5. The second-order valence-corrected chi connectivity index (χ2v) is 5.08. The number of benzene rings is 1. The van der Waals surface area contributed by atoms with Gasteiger partial charge < -0.3 is 15.0 Å². The molecule has 0 atom stereocenters. The predicted molar refractivity (Wildman–Crippen MR) is 90.0 cm³/mol. The van der Waals surface area contributed by atoms with Crippen LogP contribution in [0, 0.1) is 6.92 Å². The van der Waals surface area contributed by atoms with Crippen molar-refractivity contribution >= 4 is 17.6 Å². The van der Waals surface area contributed by atoms with Crippen LogP contribution in [0.25, 0.3) is 11.5 Å². The van der Waals surface area contributed by atoms with E-state index < -0.39 is 0 Å². The average Bonchev–Trinajstić information content (AvgIpc) is 3.12. The number of nitrogens with one attached hydrogen (secondary N) is 2. The summed E-state index contributed by atoms with van der Waals surface area (Å²) >= 11 is 0. The van der Waals surface area contributed by atoms with E-state index in [0.717, 1.165) is 11.3 Å². The van der Waals surface area contributed by atoms with Crippen molar-refractivity contribution in [2.24, 2.45) is 0 Å². The van der Waals surface area contributed by atoms with Crippen LogP contribution >= 0.6 is 0 Å². The summed E-state index contributed by atoms with van der Waals surface area (Å²) in [4.78, 5) is 27.7. The van der Waals surface area contributed by atoms with Gasteiger partial charge in [-0.05, 0) is 37.6 Å². The smallest absolute Gasteiger partial charge is 0.338 e. The molecule has 0 aliphatic rings. The van der Waals surface area contributed by atoms with Crippen molar-refractivity contribution in [1.82, 2.24) is 19.9 Å². The van der Waals surface area contributed by atoms with Gasteiger partial charge in [-0.2, -0.15) is 0 Å². The Kier molecular flexibility index (Phi) is 4.51. The first-order chi connectivity index (χ1) is 11.7. The standard InChI is InChI=1S/C17H17N5O2/c1-3-24-16(23)12-5-4-11(2)14(10-12)22-17-20-7-6-13(21-17)15-18-8-9-19-15/h4-10H,3H2,1-2H3,(H,18,19)(H,20,21,22). The zero-order chi connectivity index (χ0) is 16.9. The first-order valence-electron chi connectivity index (χ1n) is 7.55. The number of hydrogen-bond donors (Lipinski definition) is 2. The Morgan fingerprint density at radius 1 is 1.25 bits per heavy atom. The average molecular weight is 323 g/mol. The molecule has 2 N–H and O–H groups in total. The van der Waals surface area contributed by atoms with Crippen molar-refractivity contribution in [1.29, 1.82) is 0 Å². The summed E-state index contributed by atoms with van der Waals surface area (Å²) in [5, 5.41) is 3.14. The molecule has 0 saturated heterocycles. The molecule has 0 aliphatic heterocycles. The lowest BCUT2D eigenvalue weighted by molar-refractivity contribution is 0.0526. The monoisotopic (exact) mass is 323 g/mol. The molecule has 3 aromatic rings. The van der Waals surface area contributed by atoms with Crippen LogP contribution in [0.15, 0.2) is 42.9 Å². The van der Waals surface area contributed by atoms with Crippen molar-refractivity contribution in [2.75, 3.05) is 11.9 Å². The third kappa shape index (κ3) is 3.40. The van der Waals surface area contributed by atoms with Gasteiger partial charge in [0.15, 0.2) is 5.82 Å². The molecule has 1 aromatic carbocycles. The fourth-order valence-electron chi connectivity index (χ4n) is 2.17. The molecule has 0 aliphatic carbocycles. The lowest BCUT2D eigenvalue weighted by Crippen LogP contribution is -2.06. The fourth-order valence-corrected chi connectivity index (χ4v) is 2.17. The van der Waals surface area contributed by atoms with E-state index in [1.54, 1.807) is 43.7 Å². The van der Waals surface area contributed by atoms with Crippen LogP contribution < -0.4 is 5.32 Å². The first-order valence-corrected chi connectivity index (χ1v) is 7.55. The molecule has 0 amide bonds. The maximum absolute atomic E-state index is 11.9. The van der Waals surface area contributed by atoms with Gasteiger partial charge >= 0.3 is 5.97 Å². The highest BCUT2D eigenvalue weighted by molar-refractivity contribution is 5.91. The molecule has 0 saturated carbocycles. The number of nitrogens with zero attached hydrogens (tertiary/aromatic N) is 3. The van der Waals surface area contributed by atoms with E-state index in [4.69, 9.17) is 4.74 Å². The summed E-state index contributed by atoms with van der Waals surface area (Å²) < 4.78 is 5.03. The minimum absolute atomic E-state index is 0.337. The molecule has 0 unspecified atom stereocenters. The highest BCUT2D eigenvalue weighted by Gasteiger charge is 2.10. The Bertz CT molecular complexity index is 846. The van der Waals surface area contributed by atoms with Gasteiger partial charge in [0.05, 0.1) is 12.2 Å². The quantitative estimate of drug-likeness (QED) is 0.701. The number of imidazole rings is 1. The second kappa shape index (κ2) is 6.91. The number of aryl methyl sites for hydroxylation is 1. The molecule has 7 nitrogen and oxygen atoms in total. The van der Waals surface area contributed by atoms with E-state index in [1.165, 1.54) is 0 Å². The van der Waals surface area contributed by atoms with Crippen LogP contribution in [0.3, 0.4) is 0 Å². The van der Waals surface area contributed by atoms with Gasteiger partial charge in [0, 0.05) is 24.3 Å². The number of rotatable bonds is 5. The third-order valence-corrected chi connectivity index (χ3v) is 3.39. The van der Waals surface area contributed by atoms with Gasteiger partial charge in [-0.15, -0.1) is 0 Å². The summed E-state index contributed by atoms with van der Waals surface area (Å²) in [5.41, 5.74) is 2.87. The number of hydrogen-bond acceptors (Lipinski definition) is 6. The van der Waals surface area contributed by atoms with Gasteiger partial charge in [0.2, 0.25) is 5.95 Å². The Balaban J connectivity index is 1.87. The van der Waals surface area contributed by atoms with Crippen LogP contribution in [-0.2, 0) is 4.74 Å². The SMILES string of the molecule is CCOC(=O)c1ccc(C)c(Nc2nccc(-c3ncc[nH]3)n2)c1.